The predicted octanol–water partition coefficient (Wildman–Crippen LogP) is 5.79. The molecule has 5 nitrogen and oxygen atoms in total. The van der Waals surface area contributed by atoms with Crippen molar-refractivity contribution in [3.63, 3.8) is 0 Å². The maximum Gasteiger partial charge on any atom is 0.320 e. The van der Waals surface area contributed by atoms with E-state index in [-0.39, 0.29) is 6.42 Å². The number of carboxylic acid groups (broad SMARTS) is 1. The van der Waals surface area contributed by atoms with Crippen LogP contribution in [-0.4, -0.2) is 35.7 Å². The summed E-state index contributed by atoms with van der Waals surface area (Å²) >= 11 is 3.36. The SMILES string of the molecule is CCSc1cc(CC(N)C(=O)O)cc(SCC)c1Oc1ccc(OC)c(C(C)C)c1. The lowest BCUT2D eigenvalue weighted by Crippen LogP contribution is -2.32. The molecular formula is C23H31NO4S2. The highest BCUT2D eigenvalue weighted by Crippen LogP contribution is 2.43. The Hall–Kier alpha value is -1.83. The molecule has 0 saturated heterocycles. The first kappa shape index (κ1) is 24.4. The van der Waals surface area contributed by atoms with Gasteiger partial charge in [0.05, 0.1) is 16.9 Å². The van der Waals surface area contributed by atoms with Crippen LogP contribution >= 0.6 is 23.5 Å². The number of carboxylic acids is 1. The van der Waals surface area contributed by atoms with E-state index in [4.69, 9.17) is 15.2 Å². The molecule has 0 spiro atoms. The summed E-state index contributed by atoms with van der Waals surface area (Å²) in [6.07, 6.45) is 0.282. The molecule has 0 heterocycles. The topological polar surface area (TPSA) is 81.8 Å². The molecule has 0 saturated carbocycles. The van der Waals surface area contributed by atoms with Crippen molar-refractivity contribution in [3.8, 4) is 17.2 Å². The standard InChI is InChI=1S/C23H31NO4S2/c1-6-29-20-11-15(10-18(24)23(25)26)12-21(30-7-2)22(20)28-16-8-9-19(27-5)17(13-16)14(3)4/h8-9,11-14,18H,6-7,10,24H2,1-5H3,(H,25,26). The number of ether oxygens (including phenoxy) is 2. The summed E-state index contributed by atoms with van der Waals surface area (Å²) in [5.74, 6) is 3.47. The molecule has 0 bridgehead atoms. The molecule has 2 aromatic carbocycles. The minimum Gasteiger partial charge on any atom is -0.496 e. The molecule has 0 amide bonds. The Kier molecular flexibility index (Phi) is 9.39. The molecule has 1 atom stereocenters. The second-order valence-corrected chi connectivity index (χ2v) is 9.71. The van der Waals surface area contributed by atoms with Gasteiger partial charge in [0.2, 0.25) is 0 Å². The van der Waals surface area contributed by atoms with Gasteiger partial charge in [-0.2, -0.15) is 0 Å². The highest BCUT2D eigenvalue weighted by Gasteiger charge is 2.19. The minimum atomic E-state index is -0.996. The van der Waals surface area contributed by atoms with E-state index in [1.807, 2.05) is 30.3 Å². The Morgan fingerprint density at radius 1 is 1.10 bits per heavy atom. The Balaban J connectivity index is 2.49. The fourth-order valence-electron chi connectivity index (χ4n) is 3.06. The van der Waals surface area contributed by atoms with Crippen LogP contribution in [0.2, 0.25) is 0 Å². The number of benzene rings is 2. The maximum atomic E-state index is 11.2. The fraction of sp³-hybridized carbons (Fsp3) is 0.435. The molecule has 7 heteroatoms. The van der Waals surface area contributed by atoms with Crippen LogP contribution in [0.5, 0.6) is 17.2 Å². The summed E-state index contributed by atoms with van der Waals surface area (Å²) < 4.78 is 11.9. The van der Waals surface area contributed by atoms with Crippen molar-refractivity contribution in [1.29, 1.82) is 0 Å². The lowest BCUT2D eigenvalue weighted by molar-refractivity contribution is -0.138. The number of methoxy groups -OCH3 is 1. The van der Waals surface area contributed by atoms with Gasteiger partial charge in [-0.15, -0.1) is 23.5 Å². The lowest BCUT2D eigenvalue weighted by Gasteiger charge is -2.19. The molecule has 164 valence electrons. The molecule has 1 unspecified atom stereocenters. The summed E-state index contributed by atoms with van der Waals surface area (Å²) in [4.78, 5) is 13.2. The second-order valence-electron chi connectivity index (χ2n) is 7.10. The third-order valence-corrected chi connectivity index (χ3v) is 6.30. The van der Waals surface area contributed by atoms with Crippen LogP contribution < -0.4 is 15.2 Å². The van der Waals surface area contributed by atoms with E-state index in [0.29, 0.717) is 5.92 Å². The number of nitrogens with two attached hydrogens (primary N) is 1. The molecule has 0 aliphatic heterocycles. The Bertz CT molecular complexity index is 843. The van der Waals surface area contributed by atoms with Gasteiger partial charge in [0.15, 0.2) is 5.75 Å². The average molecular weight is 450 g/mol. The van der Waals surface area contributed by atoms with Gasteiger partial charge in [-0.1, -0.05) is 27.7 Å². The van der Waals surface area contributed by atoms with Crippen LogP contribution in [-0.2, 0) is 11.2 Å². The molecular weight excluding hydrogens is 418 g/mol. The van der Waals surface area contributed by atoms with Crippen LogP contribution in [0.4, 0.5) is 0 Å². The maximum absolute atomic E-state index is 11.2. The number of carbonyl (C=O) groups is 1. The summed E-state index contributed by atoms with van der Waals surface area (Å²) in [6, 6.07) is 8.95. The van der Waals surface area contributed by atoms with E-state index in [2.05, 4.69) is 27.7 Å². The highest BCUT2D eigenvalue weighted by molar-refractivity contribution is 8.00. The minimum absolute atomic E-state index is 0.282. The number of aliphatic carboxylic acids is 1. The molecule has 2 aromatic rings. The number of hydrogen-bond donors (Lipinski definition) is 2. The van der Waals surface area contributed by atoms with Crippen molar-refractivity contribution in [2.24, 2.45) is 5.73 Å². The predicted molar refractivity (Wildman–Crippen MR) is 126 cm³/mol. The van der Waals surface area contributed by atoms with Crippen molar-refractivity contribution in [2.45, 2.75) is 55.9 Å². The van der Waals surface area contributed by atoms with Gasteiger partial charge in [0.1, 0.15) is 17.5 Å². The Labute approximate surface area is 187 Å². The van der Waals surface area contributed by atoms with Gasteiger partial charge in [-0.05, 0) is 59.7 Å². The van der Waals surface area contributed by atoms with E-state index in [1.165, 1.54) is 0 Å². The molecule has 2 rings (SSSR count). The zero-order chi connectivity index (χ0) is 22.3. The molecule has 30 heavy (non-hydrogen) atoms. The van der Waals surface area contributed by atoms with E-state index >= 15 is 0 Å². The third-order valence-electron chi connectivity index (χ3n) is 4.50. The highest BCUT2D eigenvalue weighted by atomic mass is 32.2. The molecule has 0 aromatic heterocycles. The second kappa shape index (κ2) is 11.5. The first-order valence-electron chi connectivity index (χ1n) is 10.1. The van der Waals surface area contributed by atoms with Gasteiger partial charge >= 0.3 is 5.97 Å². The van der Waals surface area contributed by atoms with Crippen molar-refractivity contribution >= 4 is 29.5 Å². The molecule has 0 fully saturated rings. The van der Waals surface area contributed by atoms with Crippen LogP contribution in [0.25, 0.3) is 0 Å². The van der Waals surface area contributed by atoms with E-state index in [9.17, 15) is 9.90 Å². The molecule has 0 aliphatic rings. The van der Waals surface area contributed by atoms with Gasteiger partial charge in [-0.3, -0.25) is 4.79 Å². The zero-order valence-corrected chi connectivity index (χ0v) is 19.9. The number of thioether (sulfide) groups is 2. The Morgan fingerprint density at radius 2 is 1.70 bits per heavy atom. The first-order chi connectivity index (χ1) is 14.3. The quantitative estimate of drug-likeness (QED) is 0.420. The van der Waals surface area contributed by atoms with Crippen LogP contribution in [0, 0.1) is 0 Å². The molecule has 3 N–H and O–H groups in total. The molecule has 0 radical (unpaired) electrons. The largest absolute Gasteiger partial charge is 0.496 e. The smallest absolute Gasteiger partial charge is 0.320 e. The van der Waals surface area contributed by atoms with E-state index < -0.39 is 12.0 Å². The average Bonchev–Trinajstić information content (AvgIpc) is 2.70. The summed E-state index contributed by atoms with van der Waals surface area (Å²) in [5, 5.41) is 9.18. The normalized spacial score (nSPS) is 12.1. The summed E-state index contributed by atoms with van der Waals surface area (Å²) in [7, 11) is 1.67. The van der Waals surface area contributed by atoms with Crippen molar-refractivity contribution in [3.05, 3.63) is 41.5 Å². The van der Waals surface area contributed by atoms with Crippen molar-refractivity contribution < 1.29 is 19.4 Å². The van der Waals surface area contributed by atoms with Gasteiger partial charge < -0.3 is 20.3 Å². The van der Waals surface area contributed by atoms with E-state index in [1.54, 1.807) is 30.6 Å². The summed E-state index contributed by atoms with van der Waals surface area (Å²) in [6.45, 7) is 8.42. The van der Waals surface area contributed by atoms with Gasteiger partial charge in [-0.25, -0.2) is 0 Å². The lowest BCUT2D eigenvalue weighted by atomic mass is 10.0. The Morgan fingerprint density at radius 3 is 2.17 bits per heavy atom. The first-order valence-corrected chi connectivity index (χ1v) is 12.0. The monoisotopic (exact) mass is 449 g/mol. The van der Waals surface area contributed by atoms with Crippen LogP contribution in [0.3, 0.4) is 0 Å². The van der Waals surface area contributed by atoms with Crippen molar-refractivity contribution in [2.75, 3.05) is 18.6 Å². The number of rotatable bonds is 11. The van der Waals surface area contributed by atoms with E-state index in [0.717, 1.165) is 49.7 Å². The fourth-order valence-corrected chi connectivity index (χ4v) is 4.78. The van der Waals surface area contributed by atoms with Crippen molar-refractivity contribution in [1.82, 2.24) is 0 Å². The van der Waals surface area contributed by atoms with Gasteiger partial charge in [0.25, 0.3) is 0 Å². The van der Waals surface area contributed by atoms with Crippen LogP contribution in [0.1, 0.15) is 44.7 Å². The molecule has 0 aliphatic carbocycles. The van der Waals surface area contributed by atoms with Crippen LogP contribution in [0.15, 0.2) is 40.1 Å². The number of hydrogen-bond acceptors (Lipinski definition) is 6. The zero-order valence-electron chi connectivity index (χ0n) is 18.2. The summed E-state index contributed by atoms with van der Waals surface area (Å²) in [5.41, 5.74) is 7.77. The van der Waals surface area contributed by atoms with Gasteiger partial charge in [0, 0.05) is 5.56 Å². The third kappa shape index (κ3) is 6.33.